The highest BCUT2D eigenvalue weighted by Gasteiger charge is 2.13. The number of nitrogens with one attached hydrogen (secondary N) is 1. The second-order valence-corrected chi connectivity index (χ2v) is 3.73. The van der Waals surface area contributed by atoms with Crippen molar-refractivity contribution >= 4 is 11.6 Å². The molecule has 0 spiro atoms. The van der Waals surface area contributed by atoms with Crippen molar-refractivity contribution < 1.29 is 6.21 Å². The van der Waals surface area contributed by atoms with Gasteiger partial charge in [-0.25, -0.2) is 0 Å². The largest absolute Gasteiger partial charge is 0.321 e. The molecular formula is C15H9NO. The minimum atomic E-state index is -0.355. The van der Waals surface area contributed by atoms with Gasteiger partial charge in [-0.15, -0.1) is 0 Å². The van der Waals surface area contributed by atoms with E-state index in [9.17, 15) is 4.79 Å². The first kappa shape index (κ1) is 8.60. The summed E-state index contributed by atoms with van der Waals surface area (Å²) < 4.78 is 7.94. The van der Waals surface area contributed by atoms with Crippen molar-refractivity contribution in [1.82, 2.24) is 0 Å². The van der Waals surface area contributed by atoms with E-state index in [1.165, 1.54) is 0 Å². The van der Waals surface area contributed by atoms with Crippen LogP contribution in [0.4, 0.5) is 5.69 Å². The van der Waals surface area contributed by atoms with Crippen molar-refractivity contribution in [3.8, 4) is 11.8 Å². The minimum absolute atomic E-state index is 0.355. The lowest BCUT2D eigenvalue weighted by Gasteiger charge is -2.10. The van der Waals surface area contributed by atoms with Gasteiger partial charge in [-0.2, -0.15) is 0 Å². The predicted octanol–water partition coefficient (Wildman–Crippen LogP) is 2.65. The van der Waals surface area contributed by atoms with Crippen molar-refractivity contribution in [2.24, 2.45) is 0 Å². The monoisotopic (exact) mass is 220 g/mol. The van der Waals surface area contributed by atoms with Gasteiger partial charge in [-0.3, -0.25) is 4.79 Å². The van der Waals surface area contributed by atoms with Crippen molar-refractivity contribution in [3.05, 3.63) is 65.2 Å². The van der Waals surface area contributed by atoms with E-state index in [1.807, 2.05) is 18.2 Å². The molecule has 1 N–H and O–H groups in total. The molecule has 0 atom stereocenters. The average Bonchev–Trinajstić information content (AvgIpc) is 2.43. The fourth-order valence-electron chi connectivity index (χ4n) is 1.76. The van der Waals surface area contributed by atoms with Crippen molar-refractivity contribution in [2.75, 3.05) is 5.31 Å². The molecule has 0 saturated heterocycles. The van der Waals surface area contributed by atoms with Gasteiger partial charge in [0.2, 0.25) is 0 Å². The fourth-order valence-corrected chi connectivity index (χ4v) is 1.76. The number of rotatable bonds is 0. The van der Waals surface area contributed by atoms with Gasteiger partial charge in [-0.05, 0) is 24.3 Å². The highest BCUT2D eigenvalue weighted by atomic mass is 16.1. The number of hydrogen-bond acceptors (Lipinski definition) is 1. The molecule has 0 radical (unpaired) electrons. The van der Waals surface area contributed by atoms with Crippen LogP contribution in [0.2, 0.25) is 1.41 Å². The van der Waals surface area contributed by atoms with Crippen LogP contribution in [0.25, 0.3) is 0 Å². The van der Waals surface area contributed by atoms with Crippen LogP contribution in [-0.4, -0.2) is 5.91 Å². The standard InChI is InChI=1S/C15H9NO/c17-15-13-7-3-1-5-11(13)9-10-12-6-2-4-8-14(12)16-15/h1-8H,(H,16,17)/i/hD. The lowest BCUT2D eigenvalue weighted by atomic mass is 10.0. The van der Waals surface area contributed by atoms with E-state index in [1.54, 1.807) is 30.3 Å². The summed E-state index contributed by atoms with van der Waals surface area (Å²) in [5.74, 6) is 5.65. The van der Waals surface area contributed by atoms with Crippen molar-refractivity contribution in [2.45, 2.75) is 0 Å². The topological polar surface area (TPSA) is 29.1 Å². The van der Waals surface area contributed by atoms with Gasteiger partial charge in [-0.1, -0.05) is 36.1 Å². The van der Waals surface area contributed by atoms with E-state index in [0.29, 0.717) is 22.4 Å². The Hall–Kier alpha value is -2.53. The third-order valence-corrected chi connectivity index (χ3v) is 2.62. The third-order valence-electron chi connectivity index (χ3n) is 2.62. The summed E-state index contributed by atoms with van der Waals surface area (Å²) in [6.07, 6.45) is 0. The molecule has 2 heteroatoms. The smallest absolute Gasteiger partial charge is 0.256 e. The predicted molar refractivity (Wildman–Crippen MR) is 66.8 cm³/mol. The maximum Gasteiger partial charge on any atom is 0.256 e. The van der Waals surface area contributed by atoms with Crippen LogP contribution in [0, 0.1) is 11.8 Å². The molecule has 1 heterocycles. The molecule has 1 aliphatic heterocycles. The number of carbonyl (C=O) groups excluding carboxylic acids is 1. The van der Waals surface area contributed by atoms with Crippen LogP contribution in [-0.2, 0) is 0 Å². The van der Waals surface area contributed by atoms with Crippen LogP contribution < -0.4 is 5.31 Å². The average molecular weight is 220 g/mol. The lowest BCUT2D eigenvalue weighted by Crippen LogP contribution is -2.15. The Labute approximate surface area is 101 Å². The molecule has 0 bridgehead atoms. The quantitative estimate of drug-likeness (QED) is 0.679. The Kier molecular flexibility index (Phi) is 1.92. The highest BCUT2D eigenvalue weighted by molar-refractivity contribution is 6.07. The summed E-state index contributed by atoms with van der Waals surface area (Å²) in [4.78, 5) is 12.2. The van der Waals surface area contributed by atoms with Crippen molar-refractivity contribution in [1.29, 1.82) is 0 Å². The molecule has 0 unspecified atom stereocenters. The van der Waals surface area contributed by atoms with E-state index >= 15 is 0 Å². The maximum absolute atomic E-state index is 12.2. The van der Waals surface area contributed by atoms with Gasteiger partial charge in [0.25, 0.3) is 5.91 Å². The summed E-state index contributed by atoms with van der Waals surface area (Å²) in [5, 5.41) is 0.905. The molecule has 3 rings (SSSR count). The molecule has 80 valence electrons. The summed E-state index contributed by atoms with van der Waals surface area (Å²) in [5.41, 5.74) is 2.34. The van der Waals surface area contributed by atoms with E-state index < -0.39 is 0 Å². The van der Waals surface area contributed by atoms with Gasteiger partial charge in [0.05, 0.1) is 11.3 Å². The van der Waals surface area contributed by atoms with E-state index in [-0.39, 0.29) is 5.91 Å². The second-order valence-electron chi connectivity index (χ2n) is 3.73. The molecule has 2 aromatic rings. The van der Waals surface area contributed by atoms with E-state index in [4.69, 9.17) is 1.41 Å². The first-order chi connectivity index (χ1) is 8.77. The number of fused-ring (bicyclic) bond motifs is 2. The van der Waals surface area contributed by atoms with Gasteiger partial charge in [0.15, 0.2) is 1.41 Å². The zero-order valence-electron chi connectivity index (χ0n) is 9.97. The van der Waals surface area contributed by atoms with Gasteiger partial charge >= 0.3 is 0 Å². The zero-order chi connectivity index (χ0) is 12.5. The number of amides is 1. The van der Waals surface area contributed by atoms with Gasteiger partial charge < -0.3 is 5.31 Å². The normalized spacial score (nSPS) is 13.5. The Morgan fingerprint density at radius 2 is 1.59 bits per heavy atom. The molecule has 1 aliphatic rings. The molecule has 0 aromatic heterocycles. The zero-order valence-corrected chi connectivity index (χ0v) is 8.97. The Morgan fingerprint density at radius 1 is 0.941 bits per heavy atom. The van der Waals surface area contributed by atoms with Gasteiger partial charge in [0, 0.05) is 11.1 Å². The summed E-state index contributed by atoms with van der Waals surface area (Å²) in [7, 11) is 0. The summed E-state index contributed by atoms with van der Waals surface area (Å²) >= 11 is 0. The molecule has 0 saturated carbocycles. The molecule has 0 aliphatic carbocycles. The van der Waals surface area contributed by atoms with Crippen LogP contribution in [0.3, 0.4) is 0 Å². The first-order valence-corrected chi connectivity index (χ1v) is 5.31. The van der Waals surface area contributed by atoms with Crippen LogP contribution in [0.15, 0.2) is 48.5 Å². The number of carbonyl (C=O) groups is 1. The van der Waals surface area contributed by atoms with E-state index in [0.717, 1.165) is 5.31 Å². The second kappa shape index (κ2) is 3.80. The number of hydrogen-bond donors (Lipinski definition) is 1. The Morgan fingerprint density at radius 3 is 2.47 bits per heavy atom. The minimum Gasteiger partial charge on any atom is -0.321 e. The molecule has 17 heavy (non-hydrogen) atoms. The molecular weight excluding hydrogens is 210 g/mol. The first-order valence-electron chi connectivity index (χ1n) is 5.75. The highest BCUT2D eigenvalue weighted by Crippen LogP contribution is 2.18. The fraction of sp³-hybridized carbons (Fsp3) is 0. The third kappa shape index (κ3) is 1.68. The number of benzene rings is 2. The number of para-hydroxylation sites is 1. The summed E-state index contributed by atoms with van der Waals surface area (Å²) in [6.45, 7) is 0. The molecule has 2 nitrogen and oxygen atoms in total. The maximum atomic E-state index is 12.2. The Bertz CT molecular complexity index is 697. The number of anilines is 1. The van der Waals surface area contributed by atoms with Gasteiger partial charge in [0.1, 0.15) is 0 Å². The molecule has 0 fully saturated rings. The van der Waals surface area contributed by atoms with Crippen molar-refractivity contribution in [3.63, 3.8) is 0 Å². The van der Waals surface area contributed by atoms with Crippen LogP contribution >= 0.6 is 0 Å². The lowest BCUT2D eigenvalue weighted by molar-refractivity contribution is 0.102. The van der Waals surface area contributed by atoms with Crippen LogP contribution in [0.5, 0.6) is 0 Å². The molecule has 1 amide bonds. The van der Waals surface area contributed by atoms with E-state index in [2.05, 4.69) is 11.8 Å². The Balaban J connectivity index is 2.30. The molecule has 2 aromatic carbocycles. The SMILES string of the molecule is [2H]N1C(=O)c2ccccc2C#Cc2ccccc21. The summed E-state index contributed by atoms with van der Waals surface area (Å²) in [6, 6.07) is 14.3. The van der Waals surface area contributed by atoms with Crippen LogP contribution in [0.1, 0.15) is 21.5 Å².